The SMILES string of the molecule is CC=Nc1cc([C@@H](C)NC(O)C2=NN(c3cccnc3)C(O)C=C2)cc(C(C)(F)F)c1. The van der Waals surface area contributed by atoms with E-state index in [1.807, 2.05) is 0 Å². The lowest BCUT2D eigenvalue weighted by molar-refractivity contribution is 0.0174. The van der Waals surface area contributed by atoms with Crippen LogP contribution in [0.2, 0.25) is 0 Å². The van der Waals surface area contributed by atoms with E-state index in [0.717, 1.165) is 6.92 Å². The Morgan fingerprint density at radius 2 is 2.10 bits per heavy atom. The smallest absolute Gasteiger partial charge is 0.270 e. The van der Waals surface area contributed by atoms with Gasteiger partial charge in [-0.15, -0.1) is 0 Å². The van der Waals surface area contributed by atoms with Gasteiger partial charge in [0.15, 0.2) is 6.23 Å². The van der Waals surface area contributed by atoms with Crippen molar-refractivity contribution in [3.8, 4) is 0 Å². The van der Waals surface area contributed by atoms with Crippen LogP contribution in [0.15, 0.2) is 65.0 Å². The van der Waals surface area contributed by atoms with Gasteiger partial charge in [0.2, 0.25) is 0 Å². The predicted octanol–water partition coefficient (Wildman–Crippen LogP) is 3.64. The van der Waals surface area contributed by atoms with E-state index < -0.39 is 24.4 Å². The van der Waals surface area contributed by atoms with Crippen LogP contribution in [-0.2, 0) is 5.92 Å². The van der Waals surface area contributed by atoms with Crippen molar-refractivity contribution in [3.63, 3.8) is 0 Å². The van der Waals surface area contributed by atoms with E-state index in [2.05, 4.69) is 20.4 Å². The third kappa shape index (κ3) is 5.57. The molecule has 31 heavy (non-hydrogen) atoms. The largest absolute Gasteiger partial charge is 0.373 e. The molecule has 2 heterocycles. The Hall–Kier alpha value is -3.01. The number of nitrogens with zero attached hydrogens (tertiary/aromatic N) is 4. The zero-order valence-corrected chi connectivity index (χ0v) is 17.4. The van der Waals surface area contributed by atoms with Gasteiger partial charge < -0.3 is 10.2 Å². The lowest BCUT2D eigenvalue weighted by atomic mass is 10.0. The average Bonchev–Trinajstić information content (AvgIpc) is 2.74. The number of pyridine rings is 1. The van der Waals surface area contributed by atoms with Gasteiger partial charge in [0.25, 0.3) is 5.92 Å². The second-order valence-electron chi connectivity index (χ2n) is 7.23. The summed E-state index contributed by atoms with van der Waals surface area (Å²) in [6, 6.07) is 7.36. The summed E-state index contributed by atoms with van der Waals surface area (Å²) in [6.07, 6.45) is 5.45. The van der Waals surface area contributed by atoms with Crippen LogP contribution in [0, 0.1) is 0 Å². The molecule has 1 aliphatic heterocycles. The monoisotopic (exact) mass is 429 g/mol. The molecule has 7 nitrogen and oxygen atoms in total. The summed E-state index contributed by atoms with van der Waals surface area (Å²) in [5.41, 5.74) is 1.60. The summed E-state index contributed by atoms with van der Waals surface area (Å²) in [6.45, 7) is 4.28. The Labute approximate surface area is 179 Å². The van der Waals surface area contributed by atoms with Crippen LogP contribution in [-0.4, -0.2) is 39.6 Å². The molecule has 1 aromatic carbocycles. The van der Waals surface area contributed by atoms with Crippen LogP contribution in [0.25, 0.3) is 0 Å². The molecule has 1 aromatic heterocycles. The Bertz CT molecular complexity index is 989. The highest BCUT2D eigenvalue weighted by atomic mass is 19.3. The molecular weight excluding hydrogens is 404 g/mol. The maximum atomic E-state index is 13.9. The van der Waals surface area contributed by atoms with Gasteiger partial charge in [0, 0.05) is 30.9 Å². The van der Waals surface area contributed by atoms with Gasteiger partial charge in [-0.3, -0.25) is 15.3 Å². The summed E-state index contributed by atoms with van der Waals surface area (Å²) in [5.74, 6) is -3.02. The first-order chi connectivity index (χ1) is 14.7. The van der Waals surface area contributed by atoms with E-state index >= 15 is 0 Å². The van der Waals surface area contributed by atoms with E-state index in [4.69, 9.17) is 0 Å². The molecule has 1 aliphatic rings. The third-order valence-electron chi connectivity index (χ3n) is 4.74. The van der Waals surface area contributed by atoms with Gasteiger partial charge in [-0.2, -0.15) is 5.10 Å². The van der Waals surface area contributed by atoms with Gasteiger partial charge in [-0.1, -0.05) is 0 Å². The quantitative estimate of drug-likeness (QED) is 0.462. The van der Waals surface area contributed by atoms with Crippen LogP contribution in [0.4, 0.5) is 20.2 Å². The number of alkyl halides is 2. The van der Waals surface area contributed by atoms with Crippen LogP contribution in [0.1, 0.15) is 37.9 Å². The third-order valence-corrected chi connectivity index (χ3v) is 4.74. The Kier molecular flexibility index (Phi) is 6.89. The average molecular weight is 429 g/mol. The van der Waals surface area contributed by atoms with Crippen LogP contribution < -0.4 is 10.3 Å². The van der Waals surface area contributed by atoms with Crippen molar-refractivity contribution in [2.45, 2.75) is 45.2 Å². The Morgan fingerprint density at radius 1 is 1.32 bits per heavy atom. The standard InChI is InChI=1S/C22H25F2N5O2/c1-4-26-17-11-15(10-16(12-17)22(3,23)24)14(2)27-21(31)19-7-8-20(30)29(28-19)18-6-5-9-25-13-18/h4-14,20-21,27,30-31H,1-3H3/t14-,20?,21?/m1/s1. The maximum absolute atomic E-state index is 13.9. The van der Waals surface area contributed by atoms with Crippen molar-refractivity contribution in [1.29, 1.82) is 0 Å². The molecule has 9 heteroatoms. The van der Waals surface area contributed by atoms with Gasteiger partial charge in [-0.25, -0.2) is 13.8 Å². The number of aliphatic hydroxyl groups excluding tert-OH is 2. The van der Waals surface area contributed by atoms with Gasteiger partial charge in [0.05, 0.1) is 17.6 Å². The number of benzene rings is 1. The summed E-state index contributed by atoms with van der Waals surface area (Å²) in [4.78, 5) is 8.13. The number of aliphatic imine (C=N–C) groups is 1. The fourth-order valence-corrected chi connectivity index (χ4v) is 3.11. The number of hydrogen-bond donors (Lipinski definition) is 3. The minimum Gasteiger partial charge on any atom is -0.373 e. The first-order valence-corrected chi connectivity index (χ1v) is 9.79. The first kappa shape index (κ1) is 22.7. The number of rotatable bonds is 7. The van der Waals surface area contributed by atoms with E-state index in [1.165, 1.54) is 41.7 Å². The molecule has 0 amide bonds. The lowest BCUT2D eigenvalue weighted by Gasteiger charge is -2.29. The minimum atomic E-state index is -3.02. The highest BCUT2D eigenvalue weighted by Gasteiger charge is 2.27. The summed E-state index contributed by atoms with van der Waals surface area (Å²) < 4.78 is 27.9. The van der Waals surface area contributed by atoms with Crippen molar-refractivity contribution < 1.29 is 19.0 Å². The highest BCUT2D eigenvalue weighted by Crippen LogP contribution is 2.33. The van der Waals surface area contributed by atoms with Crippen molar-refractivity contribution in [1.82, 2.24) is 10.3 Å². The van der Waals surface area contributed by atoms with E-state index in [-0.39, 0.29) is 11.3 Å². The predicted molar refractivity (Wildman–Crippen MR) is 117 cm³/mol. The summed E-state index contributed by atoms with van der Waals surface area (Å²) in [5, 5.41) is 29.4. The topological polar surface area (TPSA) is 93.3 Å². The normalized spacial score (nSPS) is 18.9. The van der Waals surface area contributed by atoms with Gasteiger partial charge >= 0.3 is 0 Å². The van der Waals surface area contributed by atoms with Crippen LogP contribution in [0.3, 0.4) is 0 Å². The minimum absolute atomic E-state index is 0.158. The molecular formula is C22H25F2N5O2. The fourth-order valence-electron chi connectivity index (χ4n) is 3.11. The number of hydrogen-bond acceptors (Lipinski definition) is 7. The summed E-state index contributed by atoms with van der Waals surface area (Å²) >= 11 is 0. The van der Waals surface area contributed by atoms with Crippen molar-refractivity contribution in [2.24, 2.45) is 10.1 Å². The van der Waals surface area contributed by atoms with E-state index in [1.54, 1.807) is 38.2 Å². The number of hydrazone groups is 1. The molecule has 164 valence electrons. The van der Waals surface area contributed by atoms with Crippen LogP contribution >= 0.6 is 0 Å². The number of aromatic nitrogens is 1. The van der Waals surface area contributed by atoms with Crippen molar-refractivity contribution in [2.75, 3.05) is 5.01 Å². The molecule has 0 bridgehead atoms. The molecule has 0 fully saturated rings. The highest BCUT2D eigenvalue weighted by molar-refractivity contribution is 5.99. The van der Waals surface area contributed by atoms with Crippen molar-refractivity contribution >= 4 is 23.3 Å². The number of halogens is 2. The van der Waals surface area contributed by atoms with E-state index in [9.17, 15) is 19.0 Å². The molecule has 3 rings (SSSR count). The molecule has 0 radical (unpaired) electrons. The summed E-state index contributed by atoms with van der Waals surface area (Å²) in [7, 11) is 0. The zero-order valence-electron chi connectivity index (χ0n) is 17.4. The molecule has 2 unspecified atom stereocenters. The molecule has 0 spiro atoms. The second-order valence-corrected chi connectivity index (χ2v) is 7.23. The zero-order chi connectivity index (χ0) is 22.6. The molecule has 3 atom stereocenters. The maximum Gasteiger partial charge on any atom is 0.270 e. The molecule has 0 aliphatic carbocycles. The number of aliphatic hydroxyl groups is 2. The van der Waals surface area contributed by atoms with E-state index in [0.29, 0.717) is 16.9 Å². The number of nitrogens with one attached hydrogen (secondary N) is 1. The van der Waals surface area contributed by atoms with Gasteiger partial charge in [-0.05, 0) is 61.9 Å². The van der Waals surface area contributed by atoms with Crippen molar-refractivity contribution in [3.05, 3.63) is 66.0 Å². The molecule has 2 aromatic rings. The molecule has 0 saturated heterocycles. The van der Waals surface area contributed by atoms with Gasteiger partial charge in [0.1, 0.15) is 11.9 Å². The first-order valence-electron chi connectivity index (χ1n) is 9.79. The number of anilines is 1. The second kappa shape index (κ2) is 9.42. The van der Waals surface area contributed by atoms with Crippen LogP contribution in [0.5, 0.6) is 0 Å². The lowest BCUT2D eigenvalue weighted by Crippen LogP contribution is -2.42. The fraction of sp³-hybridized carbons (Fsp3) is 0.318. The Morgan fingerprint density at radius 3 is 2.74 bits per heavy atom. The Balaban J connectivity index is 1.82. The molecule has 3 N–H and O–H groups in total. The molecule has 0 saturated carbocycles.